The Bertz CT molecular complexity index is 386. The van der Waals surface area contributed by atoms with Crippen molar-refractivity contribution in [2.24, 2.45) is 0 Å². The zero-order chi connectivity index (χ0) is 9.97. The molecule has 1 aliphatic carbocycles. The molecule has 1 heterocycles. The van der Waals surface area contributed by atoms with Gasteiger partial charge >= 0.3 is 0 Å². The molecule has 1 aromatic rings. The number of ketones is 1. The van der Waals surface area contributed by atoms with Crippen molar-refractivity contribution in [3.8, 4) is 0 Å². The minimum absolute atomic E-state index is 0.224. The minimum atomic E-state index is 0.224. The first-order valence-corrected chi connectivity index (χ1v) is 6.92. The maximum absolute atomic E-state index is 11.0. The first kappa shape index (κ1) is 10.2. The molecule has 0 radical (unpaired) electrons. The maximum atomic E-state index is 11.0. The Morgan fingerprint density at radius 2 is 2.14 bits per heavy atom. The van der Waals surface area contributed by atoms with E-state index in [1.165, 1.54) is 0 Å². The summed E-state index contributed by atoms with van der Waals surface area (Å²) in [5.41, 5.74) is 0. The van der Waals surface area contributed by atoms with Gasteiger partial charge in [0.25, 0.3) is 0 Å². The summed E-state index contributed by atoms with van der Waals surface area (Å²) in [6.45, 7) is 0. The summed E-state index contributed by atoms with van der Waals surface area (Å²) < 4.78 is 1.90. The van der Waals surface area contributed by atoms with Crippen LogP contribution in [0.15, 0.2) is 19.7 Å². The van der Waals surface area contributed by atoms with Gasteiger partial charge in [-0.1, -0.05) is 34.9 Å². The lowest BCUT2D eigenvalue weighted by Gasteiger charge is -1.93. The summed E-state index contributed by atoms with van der Waals surface area (Å²) in [5, 5.41) is 8.03. The lowest BCUT2D eigenvalue weighted by Crippen LogP contribution is -1.80. The average Bonchev–Trinajstić information content (AvgIpc) is 2.76. The van der Waals surface area contributed by atoms with Gasteiger partial charge in [-0.2, -0.15) is 0 Å². The molecule has 14 heavy (non-hydrogen) atoms. The second-order valence-corrected chi connectivity index (χ2v) is 6.12. The lowest BCUT2D eigenvalue weighted by atomic mass is 10.3. The number of thioether (sulfide) groups is 2. The normalized spacial score (nSPS) is 16.1. The summed E-state index contributed by atoms with van der Waals surface area (Å²) in [4.78, 5) is 12.1. The van der Waals surface area contributed by atoms with Gasteiger partial charge in [0, 0.05) is 6.42 Å². The highest BCUT2D eigenvalue weighted by molar-refractivity contribution is 8.05. The molecule has 0 fully saturated rings. The van der Waals surface area contributed by atoms with Crippen LogP contribution in [0.25, 0.3) is 0 Å². The monoisotopic (exact) mass is 244 g/mol. The summed E-state index contributed by atoms with van der Waals surface area (Å²) >= 11 is 4.73. The van der Waals surface area contributed by atoms with Gasteiger partial charge in [0.2, 0.25) is 0 Å². The van der Waals surface area contributed by atoms with E-state index in [9.17, 15) is 4.79 Å². The predicted octanol–water partition coefficient (Wildman–Crippen LogP) is 2.60. The van der Waals surface area contributed by atoms with Gasteiger partial charge in [-0.15, -0.1) is 10.2 Å². The van der Waals surface area contributed by atoms with Gasteiger partial charge in [0.05, 0.1) is 0 Å². The maximum Gasteiger partial charge on any atom is 0.179 e. The van der Waals surface area contributed by atoms with E-state index in [-0.39, 0.29) is 5.78 Å². The molecule has 0 aromatic carbocycles. The Balaban J connectivity index is 2.04. The van der Waals surface area contributed by atoms with Crippen molar-refractivity contribution in [1.29, 1.82) is 0 Å². The fourth-order valence-corrected chi connectivity index (χ4v) is 3.67. The molecule has 74 valence electrons. The first-order chi connectivity index (χ1) is 6.78. The van der Waals surface area contributed by atoms with Crippen LogP contribution in [0.2, 0.25) is 0 Å². The molecule has 0 unspecified atom stereocenters. The van der Waals surface area contributed by atoms with Crippen molar-refractivity contribution >= 4 is 40.6 Å². The van der Waals surface area contributed by atoms with E-state index in [1.807, 2.05) is 6.26 Å². The van der Waals surface area contributed by atoms with Gasteiger partial charge in [-0.25, -0.2) is 0 Å². The Kier molecular flexibility index (Phi) is 3.25. The van der Waals surface area contributed by atoms with Crippen LogP contribution in [0.5, 0.6) is 0 Å². The third-order valence-electron chi connectivity index (χ3n) is 1.72. The van der Waals surface area contributed by atoms with Crippen molar-refractivity contribution in [2.75, 3.05) is 6.26 Å². The van der Waals surface area contributed by atoms with E-state index >= 15 is 0 Å². The molecule has 0 spiro atoms. The fourth-order valence-electron chi connectivity index (χ4n) is 1.08. The standard InChI is InChI=1S/C8H8N2OS3/c1-12-7-9-10-8(14-7)13-6-3-2-5(11)4-6/h4H,2-3H2,1H3. The molecule has 0 saturated heterocycles. The molecular formula is C8H8N2OS3. The van der Waals surface area contributed by atoms with Crippen LogP contribution < -0.4 is 0 Å². The van der Waals surface area contributed by atoms with Crippen molar-refractivity contribution in [3.05, 3.63) is 11.0 Å². The predicted molar refractivity (Wildman–Crippen MR) is 59.9 cm³/mol. The molecule has 3 nitrogen and oxygen atoms in total. The Hall–Kier alpha value is -0.330. The van der Waals surface area contributed by atoms with Crippen molar-refractivity contribution < 1.29 is 4.79 Å². The molecule has 0 saturated carbocycles. The first-order valence-electron chi connectivity index (χ1n) is 4.06. The highest BCUT2D eigenvalue weighted by atomic mass is 32.2. The van der Waals surface area contributed by atoms with Crippen LogP contribution >= 0.6 is 34.9 Å². The van der Waals surface area contributed by atoms with E-state index in [1.54, 1.807) is 40.9 Å². The largest absolute Gasteiger partial charge is 0.295 e. The SMILES string of the molecule is CSc1nnc(SC2=CC(=O)CC2)s1. The molecule has 2 rings (SSSR count). The Morgan fingerprint density at radius 3 is 2.71 bits per heavy atom. The van der Waals surface area contributed by atoms with Gasteiger partial charge in [0.15, 0.2) is 14.5 Å². The Morgan fingerprint density at radius 1 is 1.36 bits per heavy atom. The molecule has 1 aliphatic rings. The van der Waals surface area contributed by atoms with E-state index in [4.69, 9.17) is 0 Å². The highest BCUT2D eigenvalue weighted by Crippen LogP contribution is 2.36. The molecular weight excluding hydrogens is 236 g/mol. The number of carbonyl (C=O) groups is 1. The summed E-state index contributed by atoms with van der Waals surface area (Å²) in [6.07, 6.45) is 5.20. The van der Waals surface area contributed by atoms with Crippen molar-refractivity contribution in [2.45, 2.75) is 21.5 Å². The number of rotatable bonds is 3. The van der Waals surface area contributed by atoms with Crippen LogP contribution in [-0.2, 0) is 4.79 Å². The average molecular weight is 244 g/mol. The van der Waals surface area contributed by atoms with Crippen molar-refractivity contribution in [1.82, 2.24) is 10.2 Å². The van der Waals surface area contributed by atoms with Gasteiger partial charge in [0.1, 0.15) is 0 Å². The molecule has 0 amide bonds. The number of hydrogen-bond donors (Lipinski definition) is 0. The van der Waals surface area contributed by atoms with Crippen LogP contribution in [-0.4, -0.2) is 22.2 Å². The zero-order valence-corrected chi connectivity index (χ0v) is 9.97. The van der Waals surface area contributed by atoms with Gasteiger partial charge < -0.3 is 0 Å². The second-order valence-electron chi connectivity index (χ2n) is 2.72. The summed E-state index contributed by atoms with van der Waals surface area (Å²) in [5.74, 6) is 0.224. The number of allylic oxidation sites excluding steroid dienone is 2. The molecule has 1 aromatic heterocycles. The van der Waals surface area contributed by atoms with Gasteiger partial charge in [-0.3, -0.25) is 4.79 Å². The smallest absolute Gasteiger partial charge is 0.179 e. The fraction of sp³-hybridized carbons (Fsp3) is 0.375. The Labute approximate surface area is 94.4 Å². The number of nitrogens with zero attached hydrogens (tertiary/aromatic N) is 2. The quantitative estimate of drug-likeness (QED) is 0.765. The van der Waals surface area contributed by atoms with Crippen LogP contribution in [0.1, 0.15) is 12.8 Å². The lowest BCUT2D eigenvalue weighted by molar-refractivity contribution is -0.114. The molecule has 0 atom stereocenters. The summed E-state index contributed by atoms with van der Waals surface area (Å²) in [7, 11) is 0. The number of carbonyl (C=O) groups excluding carboxylic acids is 1. The molecule has 0 aliphatic heterocycles. The van der Waals surface area contributed by atoms with Crippen LogP contribution in [0, 0.1) is 0 Å². The highest BCUT2D eigenvalue weighted by Gasteiger charge is 2.14. The number of hydrogen-bond acceptors (Lipinski definition) is 6. The van der Waals surface area contributed by atoms with Gasteiger partial charge in [-0.05, 0) is 23.7 Å². The van der Waals surface area contributed by atoms with E-state index < -0.39 is 0 Å². The minimum Gasteiger partial charge on any atom is -0.295 e. The second kappa shape index (κ2) is 4.46. The molecule has 0 bridgehead atoms. The van der Waals surface area contributed by atoms with E-state index in [0.717, 1.165) is 20.0 Å². The zero-order valence-electron chi connectivity index (χ0n) is 7.52. The number of aromatic nitrogens is 2. The van der Waals surface area contributed by atoms with Crippen LogP contribution in [0.3, 0.4) is 0 Å². The third-order valence-corrected chi connectivity index (χ3v) is 4.75. The third kappa shape index (κ3) is 2.37. The van der Waals surface area contributed by atoms with Crippen molar-refractivity contribution in [3.63, 3.8) is 0 Å². The van der Waals surface area contributed by atoms with Crippen LogP contribution in [0.4, 0.5) is 0 Å². The topological polar surface area (TPSA) is 42.9 Å². The summed E-state index contributed by atoms with van der Waals surface area (Å²) in [6, 6.07) is 0. The molecule has 6 heteroatoms. The van der Waals surface area contributed by atoms with E-state index in [2.05, 4.69) is 10.2 Å². The molecule has 0 N–H and O–H groups in total. The van der Waals surface area contributed by atoms with E-state index in [0.29, 0.717) is 6.42 Å².